The van der Waals surface area contributed by atoms with Crippen molar-refractivity contribution in [2.45, 2.75) is 25.7 Å². The Labute approximate surface area is 220 Å². The molecule has 5 nitrogen and oxygen atoms in total. The minimum absolute atomic E-state index is 0.0707. The van der Waals surface area contributed by atoms with Gasteiger partial charge in [-0.1, -0.05) is 35.9 Å². The van der Waals surface area contributed by atoms with E-state index in [1.807, 2.05) is 47.4 Å². The lowest BCUT2D eigenvalue weighted by Crippen LogP contribution is -2.45. The number of rotatable bonds is 3. The summed E-state index contributed by atoms with van der Waals surface area (Å²) in [6.07, 6.45) is 4.31. The Morgan fingerprint density at radius 3 is 2.31 bits per heavy atom. The third-order valence-electron chi connectivity index (χ3n) is 7.29. The second-order valence-electron chi connectivity index (χ2n) is 9.32. The SMILES string of the molecule is N#Cc1cccc(NC(=S)N2CCC(C3CCN(C(=O)c4sc5ccccc5c4Cl)CC3)CC2)c1. The molecule has 35 heavy (non-hydrogen) atoms. The minimum atomic E-state index is 0.0707. The van der Waals surface area contributed by atoms with E-state index in [9.17, 15) is 4.79 Å². The number of halogens is 1. The van der Waals surface area contributed by atoms with Crippen LogP contribution in [-0.2, 0) is 0 Å². The smallest absolute Gasteiger partial charge is 0.265 e. The summed E-state index contributed by atoms with van der Waals surface area (Å²) in [7, 11) is 0. The van der Waals surface area contributed by atoms with Crippen LogP contribution in [-0.4, -0.2) is 47.0 Å². The molecule has 0 aliphatic carbocycles. The van der Waals surface area contributed by atoms with Crippen LogP contribution in [0.25, 0.3) is 10.1 Å². The predicted octanol–water partition coefficient (Wildman–Crippen LogP) is 6.39. The van der Waals surface area contributed by atoms with Gasteiger partial charge in [0.1, 0.15) is 4.88 Å². The van der Waals surface area contributed by atoms with E-state index in [2.05, 4.69) is 16.3 Å². The van der Waals surface area contributed by atoms with Crippen LogP contribution >= 0.6 is 35.2 Å². The first-order valence-corrected chi connectivity index (χ1v) is 13.7. The van der Waals surface area contributed by atoms with Crippen molar-refractivity contribution in [3.05, 3.63) is 64.0 Å². The first kappa shape index (κ1) is 24.1. The van der Waals surface area contributed by atoms with E-state index in [4.69, 9.17) is 29.1 Å². The van der Waals surface area contributed by atoms with E-state index in [0.717, 1.165) is 72.7 Å². The number of fused-ring (bicyclic) bond motifs is 1. The summed E-state index contributed by atoms with van der Waals surface area (Å²) in [5, 5.41) is 14.7. The lowest BCUT2D eigenvalue weighted by Gasteiger charge is -2.40. The molecule has 180 valence electrons. The van der Waals surface area contributed by atoms with Crippen molar-refractivity contribution in [1.82, 2.24) is 9.80 Å². The molecule has 1 aromatic heterocycles. The maximum absolute atomic E-state index is 13.2. The summed E-state index contributed by atoms with van der Waals surface area (Å²) < 4.78 is 1.06. The van der Waals surface area contributed by atoms with Crippen molar-refractivity contribution in [2.24, 2.45) is 11.8 Å². The first-order valence-electron chi connectivity index (χ1n) is 12.1. The molecule has 0 spiro atoms. The van der Waals surface area contributed by atoms with Crippen LogP contribution in [0.2, 0.25) is 5.02 Å². The number of hydrogen-bond acceptors (Lipinski definition) is 4. The number of hydrogen-bond donors (Lipinski definition) is 1. The second-order valence-corrected chi connectivity index (χ2v) is 11.1. The van der Waals surface area contributed by atoms with Gasteiger partial charge in [-0.2, -0.15) is 5.26 Å². The Morgan fingerprint density at radius 2 is 1.66 bits per heavy atom. The second kappa shape index (κ2) is 10.5. The Hall–Kier alpha value is -2.66. The third kappa shape index (κ3) is 5.16. The monoisotopic (exact) mass is 522 g/mol. The van der Waals surface area contributed by atoms with Gasteiger partial charge in [0.15, 0.2) is 5.11 Å². The number of carbonyl (C=O) groups excluding carboxylic acids is 1. The number of thiocarbonyl (C=S) groups is 1. The number of amides is 1. The molecule has 3 aromatic rings. The molecular formula is C27H27ClN4OS2. The first-order chi connectivity index (χ1) is 17.0. The number of nitrogens with zero attached hydrogens (tertiary/aromatic N) is 3. The highest BCUT2D eigenvalue weighted by Crippen LogP contribution is 2.38. The van der Waals surface area contributed by atoms with Gasteiger partial charge in [-0.15, -0.1) is 11.3 Å². The number of carbonyl (C=O) groups is 1. The van der Waals surface area contributed by atoms with E-state index in [0.29, 0.717) is 27.3 Å². The van der Waals surface area contributed by atoms with Crippen molar-refractivity contribution in [2.75, 3.05) is 31.5 Å². The Balaban J connectivity index is 1.12. The van der Waals surface area contributed by atoms with E-state index >= 15 is 0 Å². The lowest BCUT2D eigenvalue weighted by molar-refractivity contribution is 0.0632. The molecule has 5 rings (SSSR count). The molecule has 1 amide bonds. The summed E-state index contributed by atoms with van der Waals surface area (Å²) in [6.45, 7) is 3.46. The topological polar surface area (TPSA) is 59.4 Å². The van der Waals surface area contributed by atoms with E-state index in [1.54, 1.807) is 6.07 Å². The van der Waals surface area contributed by atoms with Gasteiger partial charge in [0.25, 0.3) is 5.91 Å². The van der Waals surface area contributed by atoms with E-state index in [-0.39, 0.29) is 5.91 Å². The van der Waals surface area contributed by atoms with Gasteiger partial charge in [-0.05, 0) is 74.0 Å². The van der Waals surface area contributed by atoms with Crippen molar-refractivity contribution >= 4 is 61.9 Å². The van der Waals surface area contributed by atoms with E-state index < -0.39 is 0 Å². The van der Waals surface area contributed by atoms with Crippen LogP contribution in [0.4, 0.5) is 5.69 Å². The van der Waals surface area contributed by atoms with E-state index in [1.165, 1.54) is 11.3 Å². The molecule has 8 heteroatoms. The minimum Gasteiger partial charge on any atom is -0.349 e. The molecular weight excluding hydrogens is 496 g/mol. The quantitative estimate of drug-likeness (QED) is 0.404. The van der Waals surface area contributed by atoms with Crippen molar-refractivity contribution in [1.29, 1.82) is 5.26 Å². The van der Waals surface area contributed by atoms with Gasteiger partial charge in [0.2, 0.25) is 0 Å². The van der Waals surface area contributed by atoms with Crippen LogP contribution in [0.15, 0.2) is 48.5 Å². The summed E-state index contributed by atoms with van der Waals surface area (Å²) in [5.41, 5.74) is 1.47. The molecule has 0 radical (unpaired) electrons. The highest BCUT2D eigenvalue weighted by atomic mass is 35.5. The summed E-state index contributed by atoms with van der Waals surface area (Å²) in [4.78, 5) is 18.1. The largest absolute Gasteiger partial charge is 0.349 e. The van der Waals surface area contributed by atoms with Gasteiger partial charge in [-0.25, -0.2) is 0 Å². The van der Waals surface area contributed by atoms with Crippen molar-refractivity contribution < 1.29 is 4.79 Å². The molecule has 0 unspecified atom stereocenters. The number of piperidine rings is 2. The Bertz CT molecular complexity index is 1280. The summed E-state index contributed by atoms with van der Waals surface area (Å²) in [5.74, 6) is 1.38. The molecule has 2 saturated heterocycles. The maximum Gasteiger partial charge on any atom is 0.265 e. The van der Waals surface area contributed by atoms with Crippen LogP contribution in [0, 0.1) is 23.2 Å². The molecule has 0 saturated carbocycles. The number of thiophene rings is 1. The summed E-state index contributed by atoms with van der Waals surface area (Å²) in [6, 6.07) is 17.5. The molecule has 2 fully saturated rings. The molecule has 1 N–H and O–H groups in total. The lowest BCUT2D eigenvalue weighted by atomic mass is 9.79. The number of anilines is 1. The van der Waals surface area contributed by atoms with Crippen LogP contribution in [0.3, 0.4) is 0 Å². The average molecular weight is 523 g/mol. The van der Waals surface area contributed by atoms with Gasteiger partial charge >= 0.3 is 0 Å². The summed E-state index contributed by atoms with van der Waals surface area (Å²) >= 11 is 13.7. The molecule has 2 aliphatic rings. The fraction of sp³-hybridized carbons (Fsp3) is 0.370. The standard InChI is InChI=1S/C27H27ClN4OS2/c28-24-22-6-1-2-7-23(22)35-25(24)26(33)31-12-8-19(9-13-31)20-10-14-32(15-11-20)27(34)30-21-5-3-4-18(16-21)17-29/h1-7,16,19-20H,8-15H2,(H,30,34). The Kier molecular flexibility index (Phi) is 7.24. The zero-order valence-electron chi connectivity index (χ0n) is 19.4. The molecule has 0 bridgehead atoms. The Morgan fingerprint density at radius 1 is 1.00 bits per heavy atom. The normalized spacial score (nSPS) is 17.4. The number of nitriles is 1. The van der Waals surface area contributed by atoms with Crippen LogP contribution in [0.1, 0.15) is 40.9 Å². The number of nitrogens with one attached hydrogen (secondary N) is 1. The van der Waals surface area contributed by atoms with Gasteiger partial charge in [-0.3, -0.25) is 4.79 Å². The van der Waals surface area contributed by atoms with Gasteiger partial charge < -0.3 is 15.1 Å². The highest BCUT2D eigenvalue weighted by molar-refractivity contribution is 7.80. The molecule has 2 aromatic carbocycles. The van der Waals surface area contributed by atoms with Crippen molar-refractivity contribution in [3.8, 4) is 6.07 Å². The molecule has 0 atom stereocenters. The van der Waals surface area contributed by atoms with Gasteiger partial charge in [0.05, 0.1) is 16.7 Å². The number of likely N-dealkylation sites (tertiary alicyclic amines) is 2. The fourth-order valence-electron chi connectivity index (χ4n) is 5.31. The predicted molar refractivity (Wildman–Crippen MR) is 147 cm³/mol. The van der Waals surface area contributed by atoms with Crippen LogP contribution < -0.4 is 5.32 Å². The van der Waals surface area contributed by atoms with Crippen molar-refractivity contribution in [3.63, 3.8) is 0 Å². The molecule has 2 aliphatic heterocycles. The third-order valence-corrected chi connectivity index (χ3v) is 9.32. The fourth-order valence-corrected chi connectivity index (χ4v) is 7.09. The van der Waals surface area contributed by atoms with Gasteiger partial charge in [0, 0.05) is 42.0 Å². The zero-order chi connectivity index (χ0) is 24.4. The molecule has 3 heterocycles. The highest BCUT2D eigenvalue weighted by Gasteiger charge is 2.32. The average Bonchev–Trinajstić information content (AvgIpc) is 3.25. The maximum atomic E-state index is 13.2. The number of benzene rings is 2. The zero-order valence-corrected chi connectivity index (χ0v) is 21.8. The van der Waals surface area contributed by atoms with Crippen LogP contribution in [0.5, 0.6) is 0 Å².